The quantitative estimate of drug-likeness (QED) is 0.805. The molecule has 15 heavy (non-hydrogen) atoms. The van der Waals surface area contributed by atoms with Crippen LogP contribution in [0.25, 0.3) is 0 Å². The van der Waals surface area contributed by atoms with Crippen LogP contribution in [-0.4, -0.2) is 16.1 Å². The second-order valence-corrected chi connectivity index (χ2v) is 2.67. The predicted molar refractivity (Wildman–Crippen MR) is 44.0 cm³/mol. The fourth-order valence-corrected chi connectivity index (χ4v) is 1.01. The zero-order valence-corrected chi connectivity index (χ0v) is 7.38. The van der Waals surface area contributed by atoms with Crippen LogP contribution in [0.5, 0.6) is 0 Å². The molecule has 1 aromatic rings. The summed E-state index contributed by atoms with van der Waals surface area (Å²) < 4.78 is 37.7. The minimum Gasteiger partial charge on any atom is -0.478 e. The average molecular weight is 220 g/mol. The van der Waals surface area contributed by atoms with E-state index in [2.05, 4.69) is 4.98 Å². The van der Waals surface area contributed by atoms with Gasteiger partial charge < -0.3 is 10.8 Å². The van der Waals surface area contributed by atoms with Gasteiger partial charge in [0.2, 0.25) is 0 Å². The summed E-state index contributed by atoms with van der Waals surface area (Å²) in [4.78, 5) is 13.7. The first kappa shape index (κ1) is 11.4. The Labute approximate surface area is 82.5 Å². The third-order valence-electron chi connectivity index (χ3n) is 1.69. The first-order valence-electron chi connectivity index (χ1n) is 3.88. The van der Waals surface area contributed by atoms with Crippen molar-refractivity contribution >= 4 is 5.97 Å². The van der Waals surface area contributed by atoms with E-state index < -0.39 is 41.7 Å². The maximum absolute atomic E-state index is 13.2. The highest BCUT2D eigenvalue weighted by atomic mass is 19.3. The smallest absolute Gasteiger partial charge is 0.338 e. The molecule has 7 heteroatoms. The van der Waals surface area contributed by atoms with E-state index in [4.69, 9.17) is 10.8 Å². The van der Waals surface area contributed by atoms with E-state index in [9.17, 15) is 18.0 Å². The van der Waals surface area contributed by atoms with Crippen LogP contribution in [0.3, 0.4) is 0 Å². The molecule has 1 aromatic heterocycles. The van der Waals surface area contributed by atoms with Crippen molar-refractivity contribution in [2.24, 2.45) is 5.73 Å². The van der Waals surface area contributed by atoms with Crippen molar-refractivity contribution in [2.75, 3.05) is 0 Å². The molecule has 0 radical (unpaired) electrons. The van der Waals surface area contributed by atoms with E-state index in [1.165, 1.54) is 0 Å². The Morgan fingerprint density at radius 3 is 2.60 bits per heavy atom. The normalized spacial score (nSPS) is 10.7. The SMILES string of the molecule is NCc1nc(C(F)F)cc(C(=O)O)c1F. The second kappa shape index (κ2) is 4.26. The number of nitrogens with zero attached hydrogens (tertiary/aromatic N) is 1. The third-order valence-corrected chi connectivity index (χ3v) is 1.69. The van der Waals surface area contributed by atoms with Gasteiger partial charge in [0.15, 0.2) is 5.82 Å². The molecule has 0 fully saturated rings. The molecule has 0 saturated carbocycles. The first-order chi connectivity index (χ1) is 6.97. The fraction of sp³-hybridized carbons (Fsp3) is 0.250. The van der Waals surface area contributed by atoms with Crippen molar-refractivity contribution in [3.63, 3.8) is 0 Å². The van der Waals surface area contributed by atoms with Crippen molar-refractivity contribution in [1.82, 2.24) is 4.98 Å². The molecule has 0 aliphatic heterocycles. The Bertz CT molecular complexity index is 396. The van der Waals surface area contributed by atoms with Gasteiger partial charge in [0.25, 0.3) is 6.43 Å². The van der Waals surface area contributed by atoms with Crippen molar-refractivity contribution in [3.8, 4) is 0 Å². The highest BCUT2D eigenvalue weighted by Gasteiger charge is 2.20. The maximum atomic E-state index is 13.2. The van der Waals surface area contributed by atoms with Crippen molar-refractivity contribution in [3.05, 3.63) is 28.8 Å². The summed E-state index contributed by atoms with van der Waals surface area (Å²) in [6.07, 6.45) is -2.96. The topological polar surface area (TPSA) is 76.2 Å². The Morgan fingerprint density at radius 2 is 2.20 bits per heavy atom. The molecule has 1 heterocycles. The molecule has 0 unspecified atom stereocenters. The number of nitrogens with two attached hydrogens (primary N) is 1. The molecule has 1 rings (SSSR count). The zero-order valence-electron chi connectivity index (χ0n) is 7.38. The minimum atomic E-state index is -2.96. The van der Waals surface area contributed by atoms with E-state index >= 15 is 0 Å². The van der Waals surface area contributed by atoms with Crippen LogP contribution in [0.2, 0.25) is 0 Å². The van der Waals surface area contributed by atoms with Crippen LogP contribution in [0, 0.1) is 5.82 Å². The van der Waals surface area contributed by atoms with Crippen molar-refractivity contribution in [2.45, 2.75) is 13.0 Å². The number of halogens is 3. The number of aromatic carboxylic acids is 1. The van der Waals surface area contributed by atoms with Crippen LogP contribution in [-0.2, 0) is 6.54 Å². The van der Waals surface area contributed by atoms with Gasteiger partial charge in [-0.25, -0.2) is 22.9 Å². The van der Waals surface area contributed by atoms with E-state index in [1.54, 1.807) is 0 Å². The lowest BCUT2D eigenvalue weighted by Crippen LogP contribution is -2.12. The van der Waals surface area contributed by atoms with Crippen LogP contribution in [0.4, 0.5) is 13.2 Å². The summed E-state index contributed by atoms with van der Waals surface area (Å²) in [5, 5.41) is 8.54. The second-order valence-electron chi connectivity index (χ2n) is 2.67. The van der Waals surface area contributed by atoms with E-state index in [-0.39, 0.29) is 0 Å². The molecular formula is C8H7F3N2O2. The van der Waals surface area contributed by atoms with E-state index in [1.807, 2.05) is 0 Å². The molecule has 0 aromatic carbocycles. The molecule has 82 valence electrons. The van der Waals surface area contributed by atoms with Crippen molar-refractivity contribution < 1.29 is 23.1 Å². The number of carboxylic acid groups (broad SMARTS) is 1. The predicted octanol–water partition coefficient (Wildman–Crippen LogP) is 1.32. The molecule has 4 nitrogen and oxygen atoms in total. The number of aromatic nitrogens is 1. The van der Waals surface area contributed by atoms with Crippen LogP contribution in [0.1, 0.15) is 28.2 Å². The monoisotopic (exact) mass is 220 g/mol. The maximum Gasteiger partial charge on any atom is 0.338 e. The Balaban J connectivity index is 3.38. The number of hydrogen-bond acceptors (Lipinski definition) is 3. The lowest BCUT2D eigenvalue weighted by Gasteiger charge is -2.06. The number of carboxylic acids is 1. The lowest BCUT2D eigenvalue weighted by atomic mass is 10.1. The van der Waals surface area contributed by atoms with Gasteiger partial charge >= 0.3 is 5.97 Å². The molecule has 3 N–H and O–H groups in total. The number of pyridine rings is 1. The Hall–Kier alpha value is -1.63. The Morgan fingerprint density at radius 1 is 1.60 bits per heavy atom. The molecule has 0 amide bonds. The zero-order chi connectivity index (χ0) is 11.6. The molecule has 0 spiro atoms. The molecule has 0 saturated heterocycles. The lowest BCUT2D eigenvalue weighted by molar-refractivity contribution is 0.0690. The average Bonchev–Trinajstić information content (AvgIpc) is 2.17. The molecule has 0 aliphatic rings. The molecular weight excluding hydrogens is 213 g/mol. The van der Waals surface area contributed by atoms with Gasteiger partial charge in [-0.2, -0.15) is 0 Å². The van der Waals surface area contributed by atoms with Crippen LogP contribution < -0.4 is 5.73 Å². The highest BCUT2D eigenvalue weighted by molar-refractivity contribution is 5.88. The summed E-state index contributed by atoms with van der Waals surface area (Å²) in [6, 6.07) is 0.501. The number of carbonyl (C=O) groups is 1. The molecule has 0 bridgehead atoms. The van der Waals surface area contributed by atoms with Crippen LogP contribution in [0.15, 0.2) is 6.07 Å². The summed E-state index contributed by atoms with van der Waals surface area (Å²) in [5.74, 6) is -2.80. The number of hydrogen-bond donors (Lipinski definition) is 2. The largest absolute Gasteiger partial charge is 0.478 e. The summed E-state index contributed by atoms with van der Waals surface area (Å²) >= 11 is 0. The van der Waals surface area contributed by atoms with Gasteiger partial charge in [0.05, 0.1) is 11.3 Å². The molecule has 0 atom stereocenters. The molecule has 0 aliphatic carbocycles. The minimum absolute atomic E-state index is 0.438. The standard InChI is InChI=1S/C8H7F3N2O2/c9-6-3(8(14)15)1-4(7(10)11)13-5(6)2-12/h1,7H,2,12H2,(H,14,15). The van der Waals surface area contributed by atoms with Gasteiger partial charge in [-0.1, -0.05) is 0 Å². The Kier molecular flexibility index (Phi) is 3.25. The van der Waals surface area contributed by atoms with Crippen LogP contribution >= 0.6 is 0 Å². The summed E-state index contributed by atoms with van der Waals surface area (Å²) in [6.45, 7) is -0.438. The summed E-state index contributed by atoms with van der Waals surface area (Å²) in [5.41, 5.74) is 2.92. The fourth-order valence-electron chi connectivity index (χ4n) is 1.01. The van der Waals surface area contributed by atoms with Gasteiger partial charge in [-0.15, -0.1) is 0 Å². The van der Waals surface area contributed by atoms with Crippen molar-refractivity contribution in [1.29, 1.82) is 0 Å². The third kappa shape index (κ3) is 2.24. The van der Waals surface area contributed by atoms with E-state index in [0.29, 0.717) is 6.07 Å². The van der Waals surface area contributed by atoms with Gasteiger partial charge in [0.1, 0.15) is 5.69 Å². The summed E-state index contributed by atoms with van der Waals surface area (Å²) in [7, 11) is 0. The number of rotatable bonds is 3. The van der Waals surface area contributed by atoms with Gasteiger partial charge in [-0.3, -0.25) is 0 Å². The van der Waals surface area contributed by atoms with E-state index in [0.717, 1.165) is 0 Å². The first-order valence-corrected chi connectivity index (χ1v) is 3.88. The van der Waals surface area contributed by atoms with Gasteiger partial charge in [-0.05, 0) is 6.07 Å². The number of alkyl halides is 2. The van der Waals surface area contributed by atoms with Gasteiger partial charge in [0, 0.05) is 6.54 Å². The highest BCUT2D eigenvalue weighted by Crippen LogP contribution is 2.21.